The number of quaternary nitrogens is 1. The Labute approximate surface area is 330 Å². The number of allylic oxidation sites excluding steroid dienone is 10. The van der Waals surface area contributed by atoms with Crippen molar-refractivity contribution in [3.05, 3.63) is 60.8 Å². The van der Waals surface area contributed by atoms with E-state index in [1.165, 1.54) is 64.2 Å². The van der Waals surface area contributed by atoms with Crippen LogP contribution >= 0.6 is 7.82 Å². The Morgan fingerprint density at radius 3 is 1.56 bits per heavy atom. The van der Waals surface area contributed by atoms with Crippen molar-refractivity contribution in [2.24, 2.45) is 0 Å². The Morgan fingerprint density at radius 1 is 0.593 bits per heavy atom. The van der Waals surface area contributed by atoms with Gasteiger partial charge in [0.15, 0.2) is 6.10 Å². The van der Waals surface area contributed by atoms with Crippen molar-refractivity contribution in [2.75, 3.05) is 47.5 Å². The van der Waals surface area contributed by atoms with E-state index in [0.29, 0.717) is 23.9 Å². The third-order valence-corrected chi connectivity index (χ3v) is 9.55. The molecule has 0 aromatic carbocycles. The van der Waals surface area contributed by atoms with Crippen LogP contribution in [0.2, 0.25) is 0 Å². The van der Waals surface area contributed by atoms with E-state index >= 15 is 0 Å². The van der Waals surface area contributed by atoms with Crippen LogP contribution in [0.1, 0.15) is 155 Å². The maximum Gasteiger partial charge on any atom is 0.472 e. The second kappa shape index (κ2) is 36.4. The van der Waals surface area contributed by atoms with Gasteiger partial charge in [0.05, 0.1) is 27.7 Å². The van der Waals surface area contributed by atoms with E-state index in [4.69, 9.17) is 18.5 Å². The summed E-state index contributed by atoms with van der Waals surface area (Å²) in [4.78, 5) is 35.3. The molecule has 0 aromatic rings. The minimum Gasteiger partial charge on any atom is -0.462 e. The molecule has 0 saturated carbocycles. The van der Waals surface area contributed by atoms with Crippen LogP contribution in [0.15, 0.2) is 60.8 Å². The van der Waals surface area contributed by atoms with Gasteiger partial charge in [-0.25, -0.2) is 4.57 Å². The molecule has 312 valence electrons. The van der Waals surface area contributed by atoms with Gasteiger partial charge in [-0.1, -0.05) is 152 Å². The quantitative estimate of drug-likeness (QED) is 0.0218. The number of hydrogen-bond donors (Lipinski definition) is 1. The molecule has 0 aliphatic heterocycles. The molecule has 2 atom stereocenters. The number of hydrogen-bond acceptors (Lipinski definition) is 7. The number of carbonyl (C=O) groups excluding carboxylic acids is 2. The average Bonchev–Trinajstić information content (AvgIpc) is 3.12. The largest absolute Gasteiger partial charge is 0.472 e. The average molecular weight is 781 g/mol. The molecule has 0 fully saturated rings. The van der Waals surface area contributed by atoms with Crippen LogP contribution < -0.4 is 0 Å². The number of ether oxygens (including phenoxy) is 2. The van der Waals surface area contributed by atoms with Crippen LogP contribution in [0.4, 0.5) is 0 Å². The smallest absolute Gasteiger partial charge is 0.462 e. The SMILES string of the molecule is CC/C=C/C/C=C/C/C=C/C/C=C/C/C=C/CCCC(=O)OC(COC(=O)CCCCCCCCCCCCCCC)COP(=O)(O)OCC[N+](C)(C)C. The van der Waals surface area contributed by atoms with Gasteiger partial charge in [0.2, 0.25) is 0 Å². The lowest BCUT2D eigenvalue weighted by atomic mass is 10.0. The van der Waals surface area contributed by atoms with Gasteiger partial charge in [0.1, 0.15) is 19.8 Å². The highest BCUT2D eigenvalue weighted by molar-refractivity contribution is 7.47. The molecule has 0 aliphatic rings. The minimum atomic E-state index is -4.39. The molecular formula is C44H79NO8P+. The molecule has 2 unspecified atom stereocenters. The topological polar surface area (TPSA) is 108 Å². The van der Waals surface area contributed by atoms with Crippen LogP contribution in [0.25, 0.3) is 0 Å². The molecule has 0 bridgehead atoms. The van der Waals surface area contributed by atoms with E-state index in [9.17, 15) is 19.0 Å². The van der Waals surface area contributed by atoms with E-state index in [0.717, 1.165) is 51.4 Å². The molecule has 0 spiro atoms. The Balaban J connectivity index is 4.50. The highest BCUT2D eigenvalue weighted by Crippen LogP contribution is 2.43. The number of esters is 2. The standard InChI is InChI=1S/C44H78NO8P/c1-6-8-10-12-14-16-18-20-21-22-23-25-27-29-31-33-35-37-44(47)53-42(41-52-54(48,49)51-39-38-45(3,4)5)40-50-43(46)36-34-32-30-28-26-24-19-17-15-13-11-9-7-2/h8,10,14,16,20-21,23,25,29,31,42H,6-7,9,11-13,15,17-19,22,24,26-28,30,32-41H2,1-5H3/p+1/b10-8+,16-14+,21-20+,25-23+,31-29+. The van der Waals surface area contributed by atoms with E-state index in [1.807, 2.05) is 27.2 Å². The number of phosphoric acid groups is 1. The molecule has 0 radical (unpaired) electrons. The Kier molecular flexibility index (Phi) is 34.8. The van der Waals surface area contributed by atoms with Crippen LogP contribution in [-0.2, 0) is 32.7 Å². The monoisotopic (exact) mass is 781 g/mol. The van der Waals surface area contributed by atoms with Crippen LogP contribution in [0.5, 0.6) is 0 Å². The summed E-state index contributed by atoms with van der Waals surface area (Å²) in [6.07, 6.45) is 42.7. The highest BCUT2D eigenvalue weighted by Gasteiger charge is 2.27. The van der Waals surface area contributed by atoms with Gasteiger partial charge in [-0.05, 0) is 51.4 Å². The van der Waals surface area contributed by atoms with Gasteiger partial charge < -0.3 is 18.9 Å². The lowest BCUT2D eigenvalue weighted by Crippen LogP contribution is -2.37. The summed E-state index contributed by atoms with van der Waals surface area (Å²) in [5.74, 6) is -0.869. The molecule has 0 heterocycles. The van der Waals surface area contributed by atoms with Gasteiger partial charge in [-0.3, -0.25) is 18.6 Å². The minimum absolute atomic E-state index is 0.0195. The predicted octanol–water partition coefficient (Wildman–Crippen LogP) is 11.7. The van der Waals surface area contributed by atoms with E-state index in [2.05, 4.69) is 68.5 Å². The first-order valence-electron chi connectivity index (χ1n) is 21.0. The van der Waals surface area contributed by atoms with E-state index in [-0.39, 0.29) is 32.0 Å². The molecule has 0 rings (SSSR count). The fraction of sp³-hybridized carbons (Fsp3) is 0.727. The van der Waals surface area contributed by atoms with Crippen molar-refractivity contribution in [1.82, 2.24) is 0 Å². The van der Waals surface area contributed by atoms with Crippen LogP contribution in [0.3, 0.4) is 0 Å². The second-order valence-electron chi connectivity index (χ2n) is 15.0. The van der Waals surface area contributed by atoms with Gasteiger partial charge in [-0.15, -0.1) is 0 Å². The zero-order valence-electron chi connectivity index (χ0n) is 34.9. The number of rotatable bonds is 37. The number of phosphoric ester groups is 1. The summed E-state index contributed by atoms with van der Waals surface area (Å²) in [6, 6.07) is 0. The van der Waals surface area contributed by atoms with Crippen molar-refractivity contribution in [3.8, 4) is 0 Å². The summed E-state index contributed by atoms with van der Waals surface area (Å²) < 4.78 is 34.2. The third-order valence-electron chi connectivity index (χ3n) is 8.56. The summed E-state index contributed by atoms with van der Waals surface area (Å²) in [6.45, 7) is 4.23. The number of carbonyl (C=O) groups is 2. The van der Waals surface area contributed by atoms with Crippen LogP contribution in [0, 0.1) is 0 Å². The van der Waals surface area contributed by atoms with Crippen LogP contribution in [-0.4, -0.2) is 74.9 Å². The number of unbranched alkanes of at least 4 members (excludes halogenated alkanes) is 13. The Bertz CT molecular complexity index is 1110. The predicted molar refractivity (Wildman–Crippen MR) is 224 cm³/mol. The molecule has 0 aromatic heterocycles. The van der Waals surface area contributed by atoms with Gasteiger partial charge >= 0.3 is 19.8 Å². The highest BCUT2D eigenvalue weighted by atomic mass is 31.2. The van der Waals surface area contributed by atoms with Crippen molar-refractivity contribution >= 4 is 19.8 Å². The first-order chi connectivity index (χ1) is 26.0. The zero-order chi connectivity index (χ0) is 40.0. The number of likely N-dealkylation sites (N-methyl/N-ethyl adjacent to an activating group) is 1. The fourth-order valence-corrected chi connectivity index (χ4v) is 6.03. The zero-order valence-corrected chi connectivity index (χ0v) is 35.8. The molecule has 9 nitrogen and oxygen atoms in total. The summed E-state index contributed by atoms with van der Waals surface area (Å²) in [5, 5.41) is 0. The summed E-state index contributed by atoms with van der Waals surface area (Å²) in [7, 11) is 1.43. The maximum atomic E-state index is 12.6. The van der Waals surface area contributed by atoms with Crippen molar-refractivity contribution < 1.29 is 42.1 Å². The fourth-order valence-electron chi connectivity index (χ4n) is 5.28. The van der Waals surface area contributed by atoms with Crippen molar-refractivity contribution in [3.63, 3.8) is 0 Å². The summed E-state index contributed by atoms with van der Waals surface area (Å²) in [5.41, 5.74) is 0. The lowest BCUT2D eigenvalue weighted by molar-refractivity contribution is -0.870. The van der Waals surface area contributed by atoms with E-state index in [1.54, 1.807) is 0 Å². The van der Waals surface area contributed by atoms with Crippen molar-refractivity contribution in [2.45, 2.75) is 161 Å². The second-order valence-corrected chi connectivity index (χ2v) is 16.5. The van der Waals surface area contributed by atoms with E-state index < -0.39 is 26.5 Å². The third kappa shape index (κ3) is 39.4. The first kappa shape index (κ1) is 51.7. The maximum absolute atomic E-state index is 12.6. The Morgan fingerprint density at radius 2 is 1.06 bits per heavy atom. The molecule has 10 heteroatoms. The molecule has 1 N–H and O–H groups in total. The molecule has 54 heavy (non-hydrogen) atoms. The Hall–Kier alpha value is -2.29. The number of nitrogens with zero attached hydrogens (tertiary/aromatic N) is 1. The van der Waals surface area contributed by atoms with Crippen molar-refractivity contribution in [1.29, 1.82) is 0 Å². The molecule has 0 amide bonds. The lowest BCUT2D eigenvalue weighted by Gasteiger charge is -2.24. The summed E-state index contributed by atoms with van der Waals surface area (Å²) >= 11 is 0. The normalized spacial score (nSPS) is 14.3. The molecule has 0 saturated heterocycles. The van der Waals surface area contributed by atoms with Gasteiger partial charge in [-0.2, -0.15) is 0 Å². The molecule has 0 aliphatic carbocycles. The molecular weight excluding hydrogens is 701 g/mol. The van der Waals surface area contributed by atoms with Gasteiger partial charge in [0, 0.05) is 12.8 Å². The van der Waals surface area contributed by atoms with Gasteiger partial charge in [0.25, 0.3) is 0 Å². The first-order valence-corrected chi connectivity index (χ1v) is 22.5.